The summed E-state index contributed by atoms with van der Waals surface area (Å²) in [6, 6.07) is 60.3. The number of para-hydroxylation sites is 4. The average Bonchev–Trinajstić information content (AvgIpc) is 3.50. The maximum Gasteiger partial charge on any atom is 0.253 e. The minimum Gasteiger partial charge on any atom is -0.311 e. The van der Waals surface area contributed by atoms with Crippen molar-refractivity contribution in [1.29, 1.82) is 0 Å². The van der Waals surface area contributed by atoms with Crippen molar-refractivity contribution in [3.05, 3.63) is 169 Å². The van der Waals surface area contributed by atoms with Crippen molar-refractivity contribution in [3.8, 4) is 5.69 Å². The molecule has 4 heteroatoms. The van der Waals surface area contributed by atoms with Crippen molar-refractivity contribution in [2.75, 3.05) is 9.80 Å². The molecule has 0 saturated heterocycles. The second kappa shape index (κ2) is 10.8. The fraction of sp³-hybridized carbons (Fsp3) is 0.0870. The summed E-state index contributed by atoms with van der Waals surface area (Å²) >= 11 is 0. The summed E-state index contributed by atoms with van der Waals surface area (Å²) in [5.41, 5.74) is 16.2. The lowest BCUT2D eigenvalue weighted by atomic mass is 9.33. The Hall–Kier alpha value is -6.00. The largest absolute Gasteiger partial charge is 0.311 e. The van der Waals surface area contributed by atoms with Gasteiger partial charge in [-0.05, 0) is 100 Å². The summed E-state index contributed by atoms with van der Waals surface area (Å²) < 4.78 is 2.45. The maximum atomic E-state index is 2.50. The van der Waals surface area contributed by atoms with E-state index in [9.17, 15) is 0 Å². The first-order chi connectivity index (χ1) is 24.5. The molecule has 10 rings (SSSR count). The van der Waals surface area contributed by atoms with Gasteiger partial charge in [-0.25, -0.2) is 0 Å². The molecule has 0 N–H and O–H groups in total. The van der Waals surface area contributed by atoms with E-state index in [1.807, 2.05) is 0 Å². The molecule has 0 spiro atoms. The smallest absolute Gasteiger partial charge is 0.253 e. The SMILES string of the molecule is CC(C)(C)c1ccc2c(c1)N(c1ccccc1)c1cccc3c1B2c1c(ccc2c1c1ccccc1n2-c1ccccc1)N3c1ccccc1. The Labute approximate surface area is 293 Å². The quantitative estimate of drug-likeness (QED) is 0.178. The number of aromatic nitrogens is 1. The van der Waals surface area contributed by atoms with E-state index in [-0.39, 0.29) is 12.1 Å². The van der Waals surface area contributed by atoms with Crippen LogP contribution in [0.25, 0.3) is 27.5 Å². The Bertz CT molecular complexity index is 2580. The Morgan fingerprint density at radius 3 is 1.64 bits per heavy atom. The first kappa shape index (κ1) is 29.0. The summed E-state index contributed by atoms with van der Waals surface area (Å²) in [5.74, 6) is 0. The molecule has 8 aromatic rings. The van der Waals surface area contributed by atoms with Crippen molar-refractivity contribution in [2.24, 2.45) is 0 Å². The van der Waals surface area contributed by atoms with Gasteiger partial charge in [-0.1, -0.05) is 112 Å². The zero-order chi connectivity index (χ0) is 33.6. The van der Waals surface area contributed by atoms with Crippen LogP contribution in [0, 0.1) is 0 Å². The van der Waals surface area contributed by atoms with E-state index in [1.54, 1.807) is 0 Å². The van der Waals surface area contributed by atoms with E-state index >= 15 is 0 Å². The van der Waals surface area contributed by atoms with Crippen molar-refractivity contribution in [1.82, 2.24) is 4.57 Å². The van der Waals surface area contributed by atoms with Crippen LogP contribution in [0.15, 0.2) is 164 Å². The molecule has 50 heavy (non-hydrogen) atoms. The molecule has 0 saturated carbocycles. The second-order valence-electron chi connectivity index (χ2n) is 14.6. The molecule has 0 fully saturated rings. The predicted molar refractivity (Wildman–Crippen MR) is 214 cm³/mol. The van der Waals surface area contributed by atoms with Crippen LogP contribution >= 0.6 is 0 Å². The zero-order valence-electron chi connectivity index (χ0n) is 28.5. The third-order valence-electron chi connectivity index (χ3n) is 10.7. The monoisotopic (exact) mass is 641 g/mol. The molecule has 7 aromatic carbocycles. The van der Waals surface area contributed by atoms with Crippen molar-refractivity contribution in [3.63, 3.8) is 0 Å². The van der Waals surface area contributed by atoms with Crippen molar-refractivity contribution in [2.45, 2.75) is 26.2 Å². The number of anilines is 6. The van der Waals surface area contributed by atoms with Gasteiger partial charge in [0.05, 0.1) is 11.0 Å². The third kappa shape index (κ3) is 4.12. The maximum absolute atomic E-state index is 2.50. The molecule has 0 bridgehead atoms. The highest BCUT2D eigenvalue weighted by atomic mass is 15.2. The Morgan fingerprint density at radius 1 is 0.440 bits per heavy atom. The fourth-order valence-electron chi connectivity index (χ4n) is 8.52. The number of fused-ring (bicyclic) bond motifs is 8. The van der Waals surface area contributed by atoms with Gasteiger partial charge in [0.1, 0.15) is 0 Å². The molecule has 2 aliphatic rings. The first-order valence-corrected chi connectivity index (χ1v) is 17.6. The molecule has 0 radical (unpaired) electrons. The molecule has 0 unspecified atom stereocenters. The molecule has 0 amide bonds. The fourth-order valence-corrected chi connectivity index (χ4v) is 8.52. The molecule has 3 heterocycles. The van der Waals surface area contributed by atoms with Crippen LogP contribution in [0.1, 0.15) is 26.3 Å². The molecular formula is C46H36BN3. The molecule has 1 aromatic heterocycles. The van der Waals surface area contributed by atoms with Gasteiger partial charge in [0.25, 0.3) is 6.71 Å². The average molecular weight is 642 g/mol. The van der Waals surface area contributed by atoms with Crippen molar-refractivity contribution < 1.29 is 0 Å². The molecule has 3 nitrogen and oxygen atoms in total. The van der Waals surface area contributed by atoms with Gasteiger partial charge in [0, 0.05) is 50.6 Å². The summed E-state index contributed by atoms with van der Waals surface area (Å²) in [5, 5.41) is 2.59. The number of nitrogens with zero attached hydrogens (tertiary/aromatic N) is 3. The van der Waals surface area contributed by atoms with Crippen LogP contribution in [0.2, 0.25) is 0 Å². The van der Waals surface area contributed by atoms with E-state index in [0.717, 1.165) is 5.69 Å². The standard InChI is InChI=1S/C46H36BN3/c1-46(2,3)31-26-27-36-42(30-31)50(34-20-11-6-12-21-34)40-25-15-24-39-44(40)47(36)45-41(49(39)33-18-9-5-10-19-33)29-28-38-43(45)35-22-13-14-23-37(35)48(38)32-16-7-4-8-17-32/h4-30H,1-3H3. The minimum absolute atomic E-state index is 0.00443. The number of hydrogen-bond donors (Lipinski definition) is 0. The molecular weight excluding hydrogens is 605 g/mol. The molecule has 0 atom stereocenters. The number of hydrogen-bond acceptors (Lipinski definition) is 2. The van der Waals surface area contributed by atoms with Gasteiger partial charge in [0.15, 0.2) is 0 Å². The second-order valence-corrected chi connectivity index (χ2v) is 14.6. The van der Waals surface area contributed by atoms with E-state index < -0.39 is 0 Å². The van der Waals surface area contributed by atoms with Gasteiger partial charge in [-0.15, -0.1) is 0 Å². The first-order valence-electron chi connectivity index (χ1n) is 17.6. The molecule has 238 valence electrons. The summed E-state index contributed by atoms with van der Waals surface area (Å²) in [6.07, 6.45) is 0. The Kier molecular flexibility index (Phi) is 6.23. The zero-order valence-corrected chi connectivity index (χ0v) is 28.5. The summed E-state index contributed by atoms with van der Waals surface area (Å²) in [4.78, 5) is 5.00. The lowest BCUT2D eigenvalue weighted by Crippen LogP contribution is -2.61. The topological polar surface area (TPSA) is 11.4 Å². The van der Waals surface area contributed by atoms with Gasteiger partial charge in [-0.3, -0.25) is 0 Å². The van der Waals surface area contributed by atoms with Crippen LogP contribution in [0.4, 0.5) is 34.1 Å². The third-order valence-corrected chi connectivity index (χ3v) is 10.7. The van der Waals surface area contributed by atoms with Gasteiger partial charge in [-0.2, -0.15) is 0 Å². The van der Waals surface area contributed by atoms with Crippen molar-refractivity contribution >= 4 is 79.0 Å². The molecule has 0 aliphatic carbocycles. The van der Waals surface area contributed by atoms with E-state index in [2.05, 4.69) is 199 Å². The normalized spacial score (nSPS) is 13.4. The highest BCUT2D eigenvalue weighted by Gasteiger charge is 2.44. The van der Waals surface area contributed by atoms with Gasteiger partial charge in [0.2, 0.25) is 0 Å². The van der Waals surface area contributed by atoms with Crippen LogP contribution in [-0.2, 0) is 5.41 Å². The van der Waals surface area contributed by atoms with Crippen LogP contribution in [-0.4, -0.2) is 11.3 Å². The number of benzene rings is 7. The minimum atomic E-state index is 0.00443. The highest BCUT2D eigenvalue weighted by molar-refractivity contribution is 7.01. The Balaban J connectivity index is 1.38. The van der Waals surface area contributed by atoms with Crippen LogP contribution in [0.3, 0.4) is 0 Å². The summed E-state index contributed by atoms with van der Waals surface area (Å²) in [7, 11) is 0. The van der Waals surface area contributed by atoms with Gasteiger partial charge < -0.3 is 14.4 Å². The predicted octanol–water partition coefficient (Wildman–Crippen LogP) is 10.2. The Morgan fingerprint density at radius 2 is 1.00 bits per heavy atom. The lowest BCUT2D eigenvalue weighted by Gasteiger charge is -2.44. The summed E-state index contributed by atoms with van der Waals surface area (Å²) in [6.45, 7) is 6.96. The highest BCUT2D eigenvalue weighted by Crippen LogP contribution is 2.46. The van der Waals surface area contributed by atoms with E-state index in [4.69, 9.17) is 0 Å². The van der Waals surface area contributed by atoms with Crippen LogP contribution < -0.4 is 26.2 Å². The van der Waals surface area contributed by atoms with E-state index in [0.29, 0.717) is 0 Å². The van der Waals surface area contributed by atoms with Gasteiger partial charge >= 0.3 is 0 Å². The van der Waals surface area contributed by atoms with Crippen LogP contribution in [0.5, 0.6) is 0 Å². The van der Waals surface area contributed by atoms with E-state index in [1.165, 1.54) is 77.9 Å². The molecule has 2 aliphatic heterocycles. The number of rotatable bonds is 3. The lowest BCUT2D eigenvalue weighted by molar-refractivity contribution is 0.590.